The molecule has 2 fully saturated rings. The Morgan fingerprint density at radius 1 is 1.17 bits per heavy atom. The maximum absolute atomic E-state index is 5.38. The van der Waals surface area contributed by atoms with E-state index < -0.39 is 0 Å². The van der Waals surface area contributed by atoms with E-state index in [0.29, 0.717) is 5.60 Å². The predicted octanol–water partition coefficient (Wildman–Crippen LogP) is 2.33. The summed E-state index contributed by atoms with van der Waals surface area (Å²) in [4.78, 5) is 0. The van der Waals surface area contributed by atoms with Crippen molar-refractivity contribution in [3.63, 3.8) is 0 Å². The average molecular weight is 160 g/mol. The monoisotopic (exact) mass is 160 g/mol. The van der Waals surface area contributed by atoms with Gasteiger partial charge in [0.2, 0.25) is 0 Å². The molecule has 1 aromatic carbocycles. The van der Waals surface area contributed by atoms with Crippen LogP contribution in [0, 0.1) is 0 Å². The molecule has 0 atom stereocenters. The van der Waals surface area contributed by atoms with Gasteiger partial charge < -0.3 is 4.74 Å². The number of benzene rings is 1. The average Bonchev–Trinajstić information content (AvgIpc) is 2.82. The van der Waals surface area contributed by atoms with E-state index >= 15 is 0 Å². The van der Waals surface area contributed by atoms with E-state index in [1.807, 2.05) is 0 Å². The Labute approximate surface area is 72.4 Å². The minimum atomic E-state index is 0.348. The lowest BCUT2D eigenvalue weighted by Gasteiger charge is -2.33. The summed E-state index contributed by atoms with van der Waals surface area (Å²) in [5, 5.41) is 0. The van der Waals surface area contributed by atoms with Gasteiger partial charge in [0.1, 0.15) is 0 Å². The molecule has 0 bridgehead atoms. The van der Waals surface area contributed by atoms with Crippen molar-refractivity contribution in [3.8, 4) is 0 Å². The van der Waals surface area contributed by atoms with Crippen LogP contribution in [0.4, 0.5) is 0 Å². The molecule has 3 rings (SSSR count). The quantitative estimate of drug-likeness (QED) is 0.574. The smallest absolute Gasteiger partial charge is 0.0928 e. The summed E-state index contributed by atoms with van der Waals surface area (Å²) < 4.78 is 5.38. The summed E-state index contributed by atoms with van der Waals surface area (Å²) in [6.45, 7) is 1.01. The largest absolute Gasteiger partial charge is 0.370 e. The fourth-order valence-electron chi connectivity index (χ4n) is 2.14. The molecule has 1 spiro atoms. The highest BCUT2D eigenvalue weighted by atomic mass is 16.6. The summed E-state index contributed by atoms with van der Waals surface area (Å²) in [7, 11) is 0. The zero-order valence-electron chi connectivity index (χ0n) is 6.99. The van der Waals surface area contributed by atoms with Crippen LogP contribution in [0.5, 0.6) is 0 Å². The van der Waals surface area contributed by atoms with Gasteiger partial charge in [-0.1, -0.05) is 30.3 Å². The second-order valence-electron chi connectivity index (χ2n) is 3.99. The van der Waals surface area contributed by atoms with Crippen molar-refractivity contribution in [3.05, 3.63) is 35.9 Å². The van der Waals surface area contributed by atoms with Gasteiger partial charge in [0.25, 0.3) is 0 Å². The van der Waals surface area contributed by atoms with Crippen molar-refractivity contribution in [1.82, 2.24) is 0 Å². The Balaban J connectivity index is 1.76. The maximum Gasteiger partial charge on any atom is 0.0928 e. The number of rotatable bonds is 1. The van der Waals surface area contributed by atoms with Gasteiger partial charge in [-0.05, 0) is 24.3 Å². The molecule has 1 aromatic rings. The molecule has 1 saturated carbocycles. The van der Waals surface area contributed by atoms with Crippen molar-refractivity contribution < 1.29 is 4.74 Å². The second-order valence-corrected chi connectivity index (χ2v) is 3.99. The lowest BCUT2D eigenvalue weighted by molar-refractivity contribution is 0.170. The van der Waals surface area contributed by atoms with Crippen molar-refractivity contribution >= 4 is 0 Å². The molecular formula is C11H12O. The molecule has 1 aliphatic heterocycles. The Morgan fingerprint density at radius 3 is 2.42 bits per heavy atom. The molecule has 12 heavy (non-hydrogen) atoms. The normalized spacial score (nSPS) is 37.8. The molecular weight excluding hydrogens is 148 g/mol. The maximum atomic E-state index is 5.38. The Morgan fingerprint density at radius 2 is 1.83 bits per heavy atom. The van der Waals surface area contributed by atoms with Crippen LogP contribution in [0.15, 0.2) is 30.3 Å². The molecule has 0 radical (unpaired) electrons. The van der Waals surface area contributed by atoms with E-state index in [1.54, 1.807) is 0 Å². The van der Waals surface area contributed by atoms with E-state index in [9.17, 15) is 0 Å². The van der Waals surface area contributed by atoms with Crippen molar-refractivity contribution in [2.24, 2.45) is 0 Å². The molecule has 0 unspecified atom stereocenters. The van der Waals surface area contributed by atoms with Crippen molar-refractivity contribution in [2.45, 2.75) is 24.4 Å². The summed E-state index contributed by atoms with van der Waals surface area (Å²) >= 11 is 0. The third kappa shape index (κ3) is 0.896. The van der Waals surface area contributed by atoms with Crippen LogP contribution in [0.3, 0.4) is 0 Å². The lowest BCUT2D eigenvalue weighted by atomic mass is 9.71. The molecule has 1 heterocycles. The van der Waals surface area contributed by atoms with Crippen LogP contribution >= 0.6 is 0 Å². The van der Waals surface area contributed by atoms with Crippen LogP contribution in [0.2, 0.25) is 0 Å². The molecule has 0 amide bonds. The van der Waals surface area contributed by atoms with Gasteiger partial charge >= 0.3 is 0 Å². The van der Waals surface area contributed by atoms with Crippen LogP contribution in [-0.2, 0) is 4.74 Å². The summed E-state index contributed by atoms with van der Waals surface area (Å²) in [6.07, 6.45) is 2.49. The fourth-order valence-corrected chi connectivity index (χ4v) is 2.14. The van der Waals surface area contributed by atoms with Gasteiger partial charge in [-0.2, -0.15) is 0 Å². The van der Waals surface area contributed by atoms with Gasteiger partial charge in [-0.3, -0.25) is 0 Å². The van der Waals surface area contributed by atoms with Gasteiger partial charge in [0.15, 0.2) is 0 Å². The SMILES string of the molecule is c1ccc([C@H]2C[C@@]3(CO3)C2)cc1. The van der Waals surface area contributed by atoms with E-state index in [-0.39, 0.29) is 0 Å². The van der Waals surface area contributed by atoms with Gasteiger partial charge in [0, 0.05) is 0 Å². The molecule has 1 heteroatoms. The fraction of sp³-hybridized carbons (Fsp3) is 0.455. The number of ether oxygens (including phenoxy) is 1. The molecule has 1 nitrogen and oxygen atoms in total. The zero-order valence-corrected chi connectivity index (χ0v) is 6.99. The molecule has 2 aliphatic rings. The van der Waals surface area contributed by atoms with E-state index in [4.69, 9.17) is 4.74 Å². The van der Waals surface area contributed by atoms with Crippen molar-refractivity contribution in [2.75, 3.05) is 6.61 Å². The van der Waals surface area contributed by atoms with Gasteiger partial charge in [-0.25, -0.2) is 0 Å². The third-order valence-electron chi connectivity index (χ3n) is 3.06. The molecule has 62 valence electrons. The third-order valence-corrected chi connectivity index (χ3v) is 3.06. The molecule has 1 aliphatic carbocycles. The first-order valence-electron chi connectivity index (χ1n) is 4.57. The Bertz CT molecular complexity index is 279. The highest BCUT2D eigenvalue weighted by Gasteiger charge is 2.55. The minimum absolute atomic E-state index is 0.348. The standard InChI is InChI=1S/C11H12O/c1-2-4-9(5-3-1)10-6-11(7-10)8-12-11/h1-5,10H,6-8H2/t10-,11-. The van der Waals surface area contributed by atoms with E-state index in [1.165, 1.54) is 18.4 Å². The predicted molar refractivity (Wildman–Crippen MR) is 47.1 cm³/mol. The Hall–Kier alpha value is -0.820. The number of epoxide rings is 1. The first-order valence-corrected chi connectivity index (χ1v) is 4.57. The highest BCUT2D eigenvalue weighted by molar-refractivity contribution is 5.26. The zero-order chi connectivity index (χ0) is 8.02. The van der Waals surface area contributed by atoms with Crippen LogP contribution in [0.25, 0.3) is 0 Å². The second kappa shape index (κ2) is 2.11. The Kier molecular flexibility index (Phi) is 1.17. The number of hydrogen-bond donors (Lipinski definition) is 0. The van der Waals surface area contributed by atoms with Gasteiger partial charge in [-0.15, -0.1) is 0 Å². The van der Waals surface area contributed by atoms with E-state index in [0.717, 1.165) is 12.5 Å². The molecule has 0 aromatic heterocycles. The lowest BCUT2D eigenvalue weighted by Crippen LogP contribution is -2.30. The first-order chi connectivity index (χ1) is 5.88. The van der Waals surface area contributed by atoms with E-state index in [2.05, 4.69) is 30.3 Å². The topological polar surface area (TPSA) is 12.5 Å². The van der Waals surface area contributed by atoms with Gasteiger partial charge in [0.05, 0.1) is 12.2 Å². The first kappa shape index (κ1) is 6.67. The molecule has 1 saturated heterocycles. The van der Waals surface area contributed by atoms with Crippen LogP contribution in [-0.4, -0.2) is 12.2 Å². The molecule has 0 N–H and O–H groups in total. The van der Waals surface area contributed by atoms with Crippen LogP contribution in [0.1, 0.15) is 24.3 Å². The minimum Gasteiger partial charge on any atom is -0.370 e. The number of hydrogen-bond acceptors (Lipinski definition) is 1. The van der Waals surface area contributed by atoms with Crippen LogP contribution < -0.4 is 0 Å². The summed E-state index contributed by atoms with van der Waals surface area (Å²) in [6, 6.07) is 10.8. The van der Waals surface area contributed by atoms with Crippen molar-refractivity contribution in [1.29, 1.82) is 0 Å². The summed E-state index contributed by atoms with van der Waals surface area (Å²) in [5.74, 6) is 0.772. The summed E-state index contributed by atoms with van der Waals surface area (Å²) in [5.41, 5.74) is 1.83. The highest BCUT2D eigenvalue weighted by Crippen LogP contribution is 2.54.